The van der Waals surface area contributed by atoms with E-state index in [9.17, 15) is 0 Å². The highest BCUT2D eigenvalue weighted by molar-refractivity contribution is 4.71. The molecule has 1 aliphatic rings. The fraction of sp³-hybridized carbons (Fsp3) is 1.00. The summed E-state index contributed by atoms with van der Waals surface area (Å²) in [5.74, 6) is 0.928. The van der Waals surface area contributed by atoms with Crippen LogP contribution < -0.4 is 0 Å². The van der Waals surface area contributed by atoms with Crippen molar-refractivity contribution in [1.82, 2.24) is 0 Å². The first-order valence-electron chi connectivity index (χ1n) is 13.6. The molecule has 1 saturated carbocycles. The molecule has 0 spiro atoms. The molecule has 11 nitrogen and oxygen atoms in total. The minimum atomic E-state index is -0.445. The van der Waals surface area contributed by atoms with E-state index in [0.717, 1.165) is 58.2 Å². The molecule has 0 aromatic carbocycles. The highest BCUT2D eigenvalue weighted by Gasteiger charge is 2.20. The molecule has 0 heterocycles. The molecule has 1 fully saturated rings. The van der Waals surface area contributed by atoms with Gasteiger partial charge in [0.15, 0.2) is 0 Å². The van der Waals surface area contributed by atoms with Gasteiger partial charge in [-0.1, -0.05) is 6.42 Å². The lowest BCUT2D eigenvalue weighted by atomic mass is 9.82. The van der Waals surface area contributed by atoms with Gasteiger partial charge in [0, 0.05) is 39.6 Å². The first-order chi connectivity index (χ1) is 17.9. The van der Waals surface area contributed by atoms with Crippen LogP contribution in [0.25, 0.3) is 0 Å². The topological polar surface area (TPSA) is 190 Å². The standard InChI is InChI=1S/C8H18O3.C8H16O2.C6H14O3.C4H10O3/c9-5-1-3-7-11-8-4-2-6-10;9-5-7-2-1-3-8(4-7)6-10;1-5(8)4-9-6(2)3-7;5-1-3-7-4-2-6/h9-10H,1-8H2;7-10H,1-6H2;5-8H,3-4H2,1-2H3;5-6H,1-4H2. The maximum absolute atomic E-state index is 8.82. The Morgan fingerprint density at radius 3 is 1.46 bits per heavy atom. The number of rotatable bonds is 18. The zero-order valence-electron chi connectivity index (χ0n) is 23.3. The maximum Gasteiger partial charge on any atom is 0.0779 e. The Kier molecular flexibility index (Phi) is 39.4. The van der Waals surface area contributed by atoms with Gasteiger partial charge in [-0.3, -0.25) is 0 Å². The summed E-state index contributed by atoms with van der Waals surface area (Å²) < 4.78 is 14.8. The van der Waals surface area contributed by atoms with E-state index in [1.165, 1.54) is 6.42 Å². The predicted octanol–water partition coefficient (Wildman–Crippen LogP) is 0.0776. The van der Waals surface area contributed by atoms with Crippen molar-refractivity contribution in [3.63, 3.8) is 0 Å². The van der Waals surface area contributed by atoms with Gasteiger partial charge in [-0.15, -0.1) is 0 Å². The fourth-order valence-corrected chi connectivity index (χ4v) is 3.06. The van der Waals surface area contributed by atoms with Gasteiger partial charge in [-0.2, -0.15) is 0 Å². The Morgan fingerprint density at radius 2 is 1.11 bits per heavy atom. The van der Waals surface area contributed by atoms with Crippen LogP contribution in [0.15, 0.2) is 0 Å². The Hall–Kier alpha value is -0.440. The highest BCUT2D eigenvalue weighted by Crippen LogP contribution is 2.27. The molecule has 0 radical (unpaired) electrons. The molecule has 8 N–H and O–H groups in total. The van der Waals surface area contributed by atoms with Gasteiger partial charge in [-0.25, -0.2) is 0 Å². The van der Waals surface area contributed by atoms with E-state index in [1.54, 1.807) is 13.8 Å². The Bertz CT molecular complexity index is 368. The molecule has 1 rings (SSSR count). The quantitative estimate of drug-likeness (QED) is 0.109. The average Bonchev–Trinajstić information content (AvgIpc) is 2.92. The number of aliphatic hydroxyl groups excluding tert-OH is 8. The van der Waals surface area contributed by atoms with Crippen LogP contribution in [0.1, 0.15) is 65.2 Å². The van der Waals surface area contributed by atoms with Gasteiger partial charge >= 0.3 is 0 Å². The number of hydrogen-bond acceptors (Lipinski definition) is 11. The van der Waals surface area contributed by atoms with Crippen molar-refractivity contribution < 1.29 is 55.1 Å². The molecule has 0 bridgehead atoms. The van der Waals surface area contributed by atoms with E-state index in [1.807, 2.05) is 0 Å². The molecule has 4 unspecified atom stereocenters. The van der Waals surface area contributed by atoms with Gasteiger partial charge in [0.1, 0.15) is 0 Å². The van der Waals surface area contributed by atoms with Crippen LogP contribution in [0.2, 0.25) is 0 Å². The summed E-state index contributed by atoms with van der Waals surface area (Å²) in [7, 11) is 0. The van der Waals surface area contributed by atoms with Gasteiger partial charge < -0.3 is 55.1 Å². The second kappa shape index (κ2) is 35.6. The molecule has 0 aromatic rings. The monoisotopic (exact) mass is 546 g/mol. The first kappa shape index (κ1) is 41.0. The van der Waals surface area contributed by atoms with E-state index in [-0.39, 0.29) is 39.1 Å². The number of ether oxygens (including phenoxy) is 3. The van der Waals surface area contributed by atoms with Crippen molar-refractivity contribution in [1.29, 1.82) is 0 Å². The summed E-state index contributed by atoms with van der Waals surface area (Å²) in [5, 5.41) is 67.8. The van der Waals surface area contributed by atoms with Crippen LogP contribution in [-0.4, -0.2) is 132 Å². The van der Waals surface area contributed by atoms with Crippen LogP contribution in [0.3, 0.4) is 0 Å². The summed E-state index contributed by atoms with van der Waals surface area (Å²) in [5.41, 5.74) is 0. The average molecular weight is 547 g/mol. The van der Waals surface area contributed by atoms with Crippen LogP contribution in [0, 0.1) is 11.8 Å². The third kappa shape index (κ3) is 37.8. The normalized spacial score (nSPS) is 18.3. The smallest absolute Gasteiger partial charge is 0.0779 e. The molecular weight excluding hydrogens is 488 g/mol. The second-order valence-electron chi connectivity index (χ2n) is 8.97. The number of hydrogen-bond donors (Lipinski definition) is 8. The maximum atomic E-state index is 8.82. The minimum absolute atomic E-state index is 0.00667. The van der Waals surface area contributed by atoms with Crippen LogP contribution >= 0.6 is 0 Å². The fourth-order valence-electron chi connectivity index (χ4n) is 3.06. The van der Waals surface area contributed by atoms with Crippen LogP contribution in [0.4, 0.5) is 0 Å². The van der Waals surface area contributed by atoms with E-state index in [0.29, 0.717) is 44.9 Å². The second-order valence-corrected chi connectivity index (χ2v) is 8.97. The molecule has 11 heteroatoms. The summed E-state index contributed by atoms with van der Waals surface area (Å²) in [6, 6.07) is 0. The summed E-state index contributed by atoms with van der Waals surface area (Å²) >= 11 is 0. The van der Waals surface area contributed by atoms with Crippen LogP contribution in [0.5, 0.6) is 0 Å². The van der Waals surface area contributed by atoms with Gasteiger partial charge in [-0.05, 0) is 70.6 Å². The first-order valence-corrected chi connectivity index (χ1v) is 13.6. The highest BCUT2D eigenvalue weighted by atomic mass is 16.5. The van der Waals surface area contributed by atoms with Gasteiger partial charge in [0.2, 0.25) is 0 Å². The SMILES string of the molecule is CC(O)COC(C)CO.OCC1CCCC(CO)C1.OCCCCOCCCCO.OCCOCCO. The summed E-state index contributed by atoms with van der Waals surface area (Å²) in [6.45, 7) is 6.95. The molecule has 0 amide bonds. The van der Waals surface area contributed by atoms with E-state index >= 15 is 0 Å². The van der Waals surface area contributed by atoms with E-state index in [2.05, 4.69) is 4.74 Å². The Balaban J connectivity index is -0.000000422. The van der Waals surface area contributed by atoms with Crippen molar-refractivity contribution in [2.75, 3.05) is 79.3 Å². The van der Waals surface area contributed by atoms with Gasteiger partial charge in [0.25, 0.3) is 0 Å². The van der Waals surface area contributed by atoms with Crippen molar-refractivity contribution in [2.45, 2.75) is 77.4 Å². The largest absolute Gasteiger partial charge is 0.396 e. The summed E-state index contributed by atoms with van der Waals surface area (Å²) in [6.07, 6.45) is 7.37. The minimum Gasteiger partial charge on any atom is -0.396 e. The third-order valence-electron chi connectivity index (χ3n) is 5.15. The lowest BCUT2D eigenvalue weighted by Gasteiger charge is -2.26. The Morgan fingerprint density at radius 1 is 0.649 bits per heavy atom. The number of aliphatic hydroxyl groups is 8. The molecule has 1 aliphatic carbocycles. The number of unbranched alkanes of at least 4 members (excludes halogenated alkanes) is 2. The molecular formula is C26H58O11. The molecule has 0 aromatic heterocycles. The van der Waals surface area contributed by atoms with Crippen molar-refractivity contribution in [2.24, 2.45) is 11.8 Å². The third-order valence-corrected chi connectivity index (χ3v) is 5.15. The molecule has 0 saturated heterocycles. The molecule has 4 atom stereocenters. The lowest BCUT2D eigenvalue weighted by molar-refractivity contribution is -0.0177. The molecule has 228 valence electrons. The molecule has 37 heavy (non-hydrogen) atoms. The van der Waals surface area contributed by atoms with Crippen molar-refractivity contribution in [3.05, 3.63) is 0 Å². The zero-order chi connectivity index (χ0) is 28.6. The Labute approximate surface area is 224 Å². The van der Waals surface area contributed by atoms with Gasteiger partial charge in [0.05, 0.1) is 51.8 Å². The predicted molar refractivity (Wildman–Crippen MR) is 142 cm³/mol. The van der Waals surface area contributed by atoms with Crippen molar-refractivity contribution in [3.8, 4) is 0 Å². The van der Waals surface area contributed by atoms with E-state index < -0.39 is 6.10 Å². The van der Waals surface area contributed by atoms with Crippen LogP contribution in [-0.2, 0) is 14.2 Å². The summed E-state index contributed by atoms with van der Waals surface area (Å²) in [4.78, 5) is 0. The van der Waals surface area contributed by atoms with Crippen molar-refractivity contribution >= 4 is 0 Å². The van der Waals surface area contributed by atoms with E-state index in [4.69, 9.17) is 50.3 Å². The lowest BCUT2D eigenvalue weighted by Crippen LogP contribution is -2.20. The molecule has 0 aliphatic heterocycles. The zero-order valence-corrected chi connectivity index (χ0v) is 23.3.